The largest absolute Gasteiger partial charge is 0.352 e. The maximum absolute atomic E-state index is 12.4. The molecule has 124 valence electrons. The van der Waals surface area contributed by atoms with Crippen LogP contribution in [-0.2, 0) is 16.1 Å². The molecule has 24 heavy (non-hydrogen) atoms. The molecule has 2 aromatic rings. The first-order chi connectivity index (χ1) is 11.6. The third kappa shape index (κ3) is 3.32. The summed E-state index contributed by atoms with van der Waals surface area (Å²) in [6.07, 6.45) is 0.272. The lowest BCUT2D eigenvalue weighted by molar-refractivity contribution is -0.126. The summed E-state index contributed by atoms with van der Waals surface area (Å²) in [5.74, 6) is -0.329. The molecule has 2 amide bonds. The molecule has 1 fully saturated rings. The third-order valence-corrected chi connectivity index (χ3v) is 4.62. The second-order valence-electron chi connectivity index (χ2n) is 6.34. The van der Waals surface area contributed by atoms with Crippen LogP contribution in [0.25, 0.3) is 0 Å². The summed E-state index contributed by atoms with van der Waals surface area (Å²) in [6.45, 7) is 4.96. The first-order valence-corrected chi connectivity index (χ1v) is 8.24. The molecule has 1 heterocycles. The lowest BCUT2D eigenvalue weighted by atomic mass is 10.1. The van der Waals surface area contributed by atoms with Gasteiger partial charge in [0.25, 0.3) is 0 Å². The van der Waals surface area contributed by atoms with Gasteiger partial charge in [-0.15, -0.1) is 0 Å². The Bertz CT molecular complexity index is 770. The number of anilines is 1. The van der Waals surface area contributed by atoms with Crippen molar-refractivity contribution in [3.8, 4) is 0 Å². The molecule has 0 radical (unpaired) electrons. The predicted octanol–water partition coefficient (Wildman–Crippen LogP) is 2.97. The van der Waals surface area contributed by atoms with Crippen LogP contribution in [-0.4, -0.2) is 18.4 Å². The van der Waals surface area contributed by atoms with E-state index in [1.807, 2.05) is 62.4 Å². The number of carbonyl (C=O) groups is 2. The van der Waals surface area contributed by atoms with Crippen molar-refractivity contribution in [2.24, 2.45) is 5.92 Å². The summed E-state index contributed by atoms with van der Waals surface area (Å²) in [5, 5.41) is 2.97. The highest BCUT2D eigenvalue weighted by Crippen LogP contribution is 2.27. The number of hydrogen-bond acceptors (Lipinski definition) is 2. The van der Waals surface area contributed by atoms with Crippen molar-refractivity contribution >= 4 is 17.5 Å². The van der Waals surface area contributed by atoms with Gasteiger partial charge in [-0.25, -0.2) is 0 Å². The van der Waals surface area contributed by atoms with Gasteiger partial charge in [0.15, 0.2) is 0 Å². The Morgan fingerprint density at radius 2 is 1.75 bits per heavy atom. The quantitative estimate of drug-likeness (QED) is 0.941. The SMILES string of the molecule is Cc1ccccc1CNC(=O)[C@@H]1CC(=O)N(c2ccccc2C)C1. The molecule has 0 spiro atoms. The number of nitrogens with one attached hydrogen (secondary N) is 1. The van der Waals surface area contributed by atoms with Crippen LogP contribution in [0.3, 0.4) is 0 Å². The van der Waals surface area contributed by atoms with Crippen molar-refractivity contribution in [2.45, 2.75) is 26.8 Å². The topological polar surface area (TPSA) is 49.4 Å². The van der Waals surface area contributed by atoms with E-state index in [1.165, 1.54) is 0 Å². The Morgan fingerprint density at radius 1 is 1.08 bits per heavy atom. The van der Waals surface area contributed by atoms with Gasteiger partial charge in [0.2, 0.25) is 11.8 Å². The second kappa shape index (κ2) is 6.87. The summed E-state index contributed by atoms with van der Waals surface area (Å²) in [6, 6.07) is 15.8. The van der Waals surface area contributed by atoms with Gasteiger partial charge >= 0.3 is 0 Å². The zero-order valence-corrected chi connectivity index (χ0v) is 14.1. The first kappa shape index (κ1) is 16.2. The Labute approximate surface area is 142 Å². The smallest absolute Gasteiger partial charge is 0.227 e. The van der Waals surface area contributed by atoms with Crippen molar-refractivity contribution in [1.82, 2.24) is 5.32 Å². The molecule has 1 aliphatic heterocycles. The van der Waals surface area contributed by atoms with Gasteiger partial charge in [-0.1, -0.05) is 42.5 Å². The average Bonchev–Trinajstić information content (AvgIpc) is 2.96. The molecule has 1 saturated heterocycles. The van der Waals surface area contributed by atoms with Crippen LogP contribution < -0.4 is 10.2 Å². The van der Waals surface area contributed by atoms with E-state index in [-0.39, 0.29) is 24.2 Å². The van der Waals surface area contributed by atoms with Gasteiger partial charge in [0, 0.05) is 25.2 Å². The van der Waals surface area contributed by atoms with Gasteiger partial charge in [0.1, 0.15) is 0 Å². The van der Waals surface area contributed by atoms with Crippen molar-refractivity contribution in [1.29, 1.82) is 0 Å². The number of rotatable bonds is 4. The minimum absolute atomic E-state index is 0.0142. The molecule has 0 saturated carbocycles. The summed E-state index contributed by atoms with van der Waals surface area (Å²) in [7, 11) is 0. The fourth-order valence-corrected chi connectivity index (χ4v) is 3.12. The van der Waals surface area contributed by atoms with Crippen LogP contribution in [0, 0.1) is 19.8 Å². The highest BCUT2D eigenvalue weighted by molar-refractivity contribution is 6.00. The van der Waals surface area contributed by atoms with Crippen molar-refractivity contribution in [2.75, 3.05) is 11.4 Å². The molecule has 1 aliphatic rings. The van der Waals surface area contributed by atoms with E-state index in [2.05, 4.69) is 5.32 Å². The fraction of sp³-hybridized carbons (Fsp3) is 0.300. The Hall–Kier alpha value is -2.62. The summed E-state index contributed by atoms with van der Waals surface area (Å²) in [5.41, 5.74) is 4.20. The number of hydrogen-bond donors (Lipinski definition) is 1. The number of nitrogens with zero attached hydrogens (tertiary/aromatic N) is 1. The number of carbonyl (C=O) groups excluding carboxylic acids is 2. The predicted molar refractivity (Wildman–Crippen MR) is 94.7 cm³/mol. The summed E-state index contributed by atoms with van der Waals surface area (Å²) < 4.78 is 0. The van der Waals surface area contributed by atoms with Crippen LogP contribution in [0.15, 0.2) is 48.5 Å². The molecule has 4 heteroatoms. The molecular weight excluding hydrogens is 300 g/mol. The number of para-hydroxylation sites is 1. The maximum atomic E-state index is 12.4. The highest BCUT2D eigenvalue weighted by Gasteiger charge is 2.35. The van der Waals surface area contributed by atoms with E-state index in [0.717, 1.165) is 22.4 Å². The number of amides is 2. The van der Waals surface area contributed by atoms with Crippen LogP contribution in [0.1, 0.15) is 23.1 Å². The van der Waals surface area contributed by atoms with Crippen LogP contribution in [0.4, 0.5) is 5.69 Å². The van der Waals surface area contributed by atoms with E-state index >= 15 is 0 Å². The maximum Gasteiger partial charge on any atom is 0.227 e. The molecular formula is C20H22N2O2. The zero-order chi connectivity index (χ0) is 17.1. The monoisotopic (exact) mass is 322 g/mol. The van der Waals surface area contributed by atoms with Crippen LogP contribution in [0.5, 0.6) is 0 Å². The van der Waals surface area contributed by atoms with Gasteiger partial charge < -0.3 is 10.2 Å². The number of aryl methyl sites for hydroxylation is 2. The highest BCUT2D eigenvalue weighted by atomic mass is 16.2. The lowest BCUT2D eigenvalue weighted by Gasteiger charge is -2.19. The van der Waals surface area contributed by atoms with E-state index < -0.39 is 0 Å². The molecule has 4 nitrogen and oxygen atoms in total. The first-order valence-electron chi connectivity index (χ1n) is 8.24. The molecule has 1 N–H and O–H groups in total. The second-order valence-corrected chi connectivity index (χ2v) is 6.34. The molecule has 3 rings (SSSR count). The summed E-state index contributed by atoms with van der Waals surface area (Å²) >= 11 is 0. The van der Waals surface area contributed by atoms with E-state index in [0.29, 0.717) is 13.1 Å². The lowest BCUT2D eigenvalue weighted by Crippen LogP contribution is -2.32. The van der Waals surface area contributed by atoms with Gasteiger partial charge in [-0.2, -0.15) is 0 Å². The standard InChI is InChI=1S/C20H22N2O2/c1-14-7-3-5-9-16(14)12-21-20(24)17-11-19(23)22(13-17)18-10-6-4-8-15(18)2/h3-10,17H,11-13H2,1-2H3,(H,21,24)/t17-/m1/s1. The average molecular weight is 322 g/mol. The van der Waals surface area contributed by atoms with E-state index in [9.17, 15) is 9.59 Å². The Kier molecular flexibility index (Phi) is 4.65. The van der Waals surface area contributed by atoms with Gasteiger partial charge in [-0.05, 0) is 36.6 Å². The van der Waals surface area contributed by atoms with Crippen LogP contribution in [0.2, 0.25) is 0 Å². The van der Waals surface area contributed by atoms with Crippen molar-refractivity contribution in [3.63, 3.8) is 0 Å². The molecule has 2 aromatic carbocycles. The zero-order valence-electron chi connectivity index (χ0n) is 14.1. The van der Waals surface area contributed by atoms with E-state index in [4.69, 9.17) is 0 Å². The van der Waals surface area contributed by atoms with Gasteiger partial charge in [0.05, 0.1) is 5.92 Å². The molecule has 0 aliphatic carbocycles. The van der Waals surface area contributed by atoms with Crippen molar-refractivity contribution in [3.05, 3.63) is 65.2 Å². The Balaban J connectivity index is 1.64. The van der Waals surface area contributed by atoms with Crippen LogP contribution >= 0.6 is 0 Å². The third-order valence-electron chi connectivity index (χ3n) is 4.62. The minimum Gasteiger partial charge on any atom is -0.352 e. The summed E-state index contributed by atoms with van der Waals surface area (Å²) in [4.78, 5) is 26.5. The number of benzene rings is 2. The molecule has 0 unspecified atom stereocenters. The van der Waals surface area contributed by atoms with Gasteiger partial charge in [-0.3, -0.25) is 9.59 Å². The van der Waals surface area contributed by atoms with Crippen molar-refractivity contribution < 1.29 is 9.59 Å². The normalized spacial score (nSPS) is 17.2. The Morgan fingerprint density at radius 3 is 2.46 bits per heavy atom. The van der Waals surface area contributed by atoms with E-state index in [1.54, 1.807) is 4.90 Å². The molecule has 1 atom stereocenters. The minimum atomic E-state index is -0.291. The molecule has 0 aromatic heterocycles. The molecule has 0 bridgehead atoms. The fourth-order valence-electron chi connectivity index (χ4n) is 3.12.